The Morgan fingerprint density at radius 2 is 1.73 bits per heavy atom. The summed E-state index contributed by atoms with van der Waals surface area (Å²) in [6.45, 7) is 0.837. The number of carbonyl (C=O) groups is 1. The number of pyridine rings is 1. The minimum Gasteiger partial charge on any atom is -0.350 e. The number of aromatic nitrogens is 3. The van der Waals surface area contributed by atoms with E-state index in [1.165, 1.54) is 23.4 Å². The standard InChI is InChI=1S/C22H21F3N4O/c23-22(24,25)17-7-5-16(6-8-17)21(30)27-13-14-29-19-4-2-1-3-18(19)20(28-29)15-9-11-26-12-10-15/h5-12H,1-4,13-14H2,(H,27,30). The molecule has 0 aliphatic heterocycles. The fourth-order valence-corrected chi connectivity index (χ4v) is 3.79. The van der Waals surface area contributed by atoms with E-state index in [2.05, 4.69) is 10.3 Å². The van der Waals surface area contributed by atoms with E-state index in [0.29, 0.717) is 13.1 Å². The monoisotopic (exact) mass is 414 g/mol. The zero-order valence-electron chi connectivity index (χ0n) is 16.2. The summed E-state index contributed by atoms with van der Waals surface area (Å²) in [7, 11) is 0. The fourth-order valence-electron chi connectivity index (χ4n) is 3.79. The van der Waals surface area contributed by atoms with Crippen LogP contribution in [0.25, 0.3) is 11.3 Å². The van der Waals surface area contributed by atoms with Gasteiger partial charge < -0.3 is 5.32 Å². The number of hydrogen-bond donors (Lipinski definition) is 1. The van der Waals surface area contributed by atoms with E-state index >= 15 is 0 Å². The van der Waals surface area contributed by atoms with Gasteiger partial charge in [-0.25, -0.2) is 0 Å². The van der Waals surface area contributed by atoms with Gasteiger partial charge in [-0.3, -0.25) is 14.5 Å². The Balaban J connectivity index is 1.44. The Morgan fingerprint density at radius 3 is 2.43 bits per heavy atom. The van der Waals surface area contributed by atoms with Crippen molar-refractivity contribution in [2.75, 3.05) is 6.54 Å². The lowest BCUT2D eigenvalue weighted by molar-refractivity contribution is -0.137. The van der Waals surface area contributed by atoms with Crippen LogP contribution in [0.4, 0.5) is 13.2 Å². The smallest absolute Gasteiger partial charge is 0.350 e. The van der Waals surface area contributed by atoms with Crippen LogP contribution in [0.2, 0.25) is 0 Å². The van der Waals surface area contributed by atoms with Gasteiger partial charge in [-0.1, -0.05) is 0 Å². The van der Waals surface area contributed by atoms with E-state index in [1.807, 2.05) is 16.8 Å². The van der Waals surface area contributed by atoms with Crippen molar-refractivity contribution in [2.45, 2.75) is 38.4 Å². The summed E-state index contributed by atoms with van der Waals surface area (Å²) in [6.07, 6.45) is 3.22. The molecule has 0 saturated carbocycles. The maximum absolute atomic E-state index is 12.7. The third-order valence-electron chi connectivity index (χ3n) is 5.29. The molecule has 1 aliphatic carbocycles. The van der Waals surface area contributed by atoms with Crippen molar-refractivity contribution in [3.05, 3.63) is 71.2 Å². The van der Waals surface area contributed by atoms with E-state index in [4.69, 9.17) is 5.10 Å². The molecule has 2 aromatic heterocycles. The number of rotatable bonds is 5. The molecule has 0 atom stereocenters. The highest BCUT2D eigenvalue weighted by Crippen LogP contribution is 2.31. The van der Waals surface area contributed by atoms with Crippen molar-refractivity contribution in [3.63, 3.8) is 0 Å². The van der Waals surface area contributed by atoms with Crippen LogP contribution in [0.1, 0.15) is 40.0 Å². The van der Waals surface area contributed by atoms with Crippen LogP contribution in [0.3, 0.4) is 0 Å². The van der Waals surface area contributed by atoms with Crippen molar-refractivity contribution in [2.24, 2.45) is 0 Å². The van der Waals surface area contributed by atoms with Crippen LogP contribution in [-0.4, -0.2) is 27.2 Å². The number of halogens is 3. The van der Waals surface area contributed by atoms with E-state index < -0.39 is 17.6 Å². The highest BCUT2D eigenvalue weighted by atomic mass is 19.4. The molecule has 1 aromatic carbocycles. The summed E-state index contributed by atoms with van der Waals surface area (Å²) < 4.78 is 39.9. The predicted molar refractivity (Wildman–Crippen MR) is 106 cm³/mol. The van der Waals surface area contributed by atoms with Crippen molar-refractivity contribution in [3.8, 4) is 11.3 Å². The van der Waals surface area contributed by atoms with Gasteiger partial charge >= 0.3 is 6.18 Å². The van der Waals surface area contributed by atoms with Crippen molar-refractivity contribution in [1.29, 1.82) is 0 Å². The summed E-state index contributed by atoms with van der Waals surface area (Å²) in [6, 6.07) is 8.09. The molecule has 0 saturated heterocycles. The molecule has 1 N–H and O–H groups in total. The summed E-state index contributed by atoms with van der Waals surface area (Å²) >= 11 is 0. The lowest BCUT2D eigenvalue weighted by atomic mass is 9.94. The van der Waals surface area contributed by atoms with Crippen LogP contribution in [-0.2, 0) is 25.6 Å². The van der Waals surface area contributed by atoms with Gasteiger partial charge in [0.25, 0.3) is 5.91 Å². The van der Waals surface area contributed by atoms with Gasteiger partial charge in [0.15, 0.2) is 0 Å². The molecule has 5 nitrogen and oxygen atoms in total. The first kappa shape index (κ1) is 20.1. The SMILES string of the molecule is O=C(NCCn1nc(-c2ccncc2)c2c1CCCC2)c1ccc(C(F)(F)F)cc1. The van der Waals surface area contributed by atoms with Gasteiger partial charge in [-0.05, 0) is 62.1 Å². The highest BCUT2D eigenvalue weighted by Gasteiger charge is 2.30. The van der Waals surface area contributed by atoms with Crippen molar-refractivity contribution in [1.82, 2.24) is 20.1 Å². The maximum atomic E-state index is 12.7. The lowest BCUT2D eigenvalue weighted by Crippen LogP contribution is -2.28. The molecular formula is C22H21F3N4O. The summed E-state index contributed by atoms with van der Waals surface area (Å²) in [4.78, 5) is 16.3. The second-order valence-electron chi connectivity index (χ2n) is 7.27. The van der Waals surface area contributed by atoms with Crippen LogP contribution in [0.5, 0.6) is 0 Å². The second kappa shape index (κ2) is 8.30. The zero-order valence-corrected chi connectivity index (χ0v) is 16.2. The predicted octanol–water partition coefficient (Wildman–Crippen LogP) is 4.27. The Morgan fingerprint density at radius 1 is 1.03 bits per heavy atom. The molecule has 0 bridgehead atoms. The Labute approximate surface area is 171 Å². The van der Waals surface area contributed by atoms with E-state index in [0.717, 1.165) is 49.1 Å². The lowest BCUT2D eigenvalue weighted by Gasteiger charge is -2.14. The maximum Gasteiger partial charge on any atom is 0.416 e. The van der Waals surface area contributed by atoms with Gasteiger partial charge in [0.2, 0.25) is 0 Å². The molecule has 0 fully saturated rings. The molecule has 8 heteroatoms. The number of hydrogen-bond acceptors (Lipinski definition) is 3. The minimum absolute atomic E-state index is 0.197. The van der Waals surface area contributed by atoms with E-state index in [1.54, 1.807) is 12.4 Å². The average molecular weight is 414 g/mol. The first-order valence-electron chi connectivity index (χ1n) is 9.88. The number of nitrogens with zero attached hydrogens (tertiary/aromatic N) is 3. The number of nitrogens with one attached hydrogen (secondary N) is 1. The molecule has 0 spiro atoms. The van der Waals surface area contributed by atoms with Crippen molar-refractivity contribution < 1.29 is 18.0 Å². The minimum atomic E-state index is -4.42. The normalized spacial score (nSPS) is 13.7. The number of alkyl halides is 3. The van der Waals surface area contributed by atoms with Crippen LogP contribution >= 0.6 is 0 Å². The molecule has 2 heterocycles. The number of carbonyl (C=O) groups excluding carboxylic acids is 1. The third-order valence-corrected chi connectivity index (χ3v) is 5.29. The molecule has 4 rings (SSSR count). The first-order chi connectivity index (χ1) is 14.4. The van der Waals surface area contributed by atoms with Gasteiger partial charge in [-0.15, -0.1) is 0 Å². The zero-order chi connectivity index (χ0) is 21.1. The molecule has 1 aliphatic rings. The molecule has 30 heavy (non-hydrogen) atoms. The third kappa shape index (κ3) is 4.22. The van der Waals surface area contributed by atoms with Gasteiger partial charge in [-0.2, -0.15) is 18.3 Å². The van der Waals surface area contributed by atoms with Crippen LogP contribution in [0, 0.1) is 0 Å². The number of fused-ring (bicyclic) bond motifs is 1. The van der Waals surface area contributed by atoms with Crippen LogP contribution < -0.4 is 5.32 Å². The van der Waals surface area contributed by atoms with E-state index in [9.17, 15) is 18.0 Å². The number of benzene rings is 1. The largest absolute Gasteiger partial charge is 0.416 e. The molecule has 0 unspecified atom stereocenters. The Bertz CT molecular complexity index is 1030. The van der Waals surface area contributed by atoms with Gasteiger partial charge in [0, 0.05) is 41.3 Å². The molecule has 3 aromatic rings. The average Bonchev–Trinajstić information content (AvgIpc) is 3.13. The van der Waals surface area contributed by atoms with Gasteiger partial charge in [0.1, 0.15) is 0 Å². The molecular weight excluding hydrogens is 393 g/mol. The Hall–Kier alpha value is -3.16. The highest BCUT2D eigenvalue weighted by molar-refractivity contribution is 5.94. The second-order valence-corrected chi connectivity index (χ2v) is 7.27. The van der Waals surface area contributed by atoms with Gasteiger partial charge in [0.05, 0.1) is 17.8 Å². The fraction of sp³-hybridized carbons (Fsp3) is 0.318. The topological polar surface area (TPSA) is 59.8 Å². The van der Waals surface area contributed by atoms with Crippen molar-refractivity contribution >= 4 is 5.91 Å². The number of amides is 1. The summed E-state index contributed by atoms with van der Waals surface area (Å²) in [5.41, 5.74) is 3.85. The molecule has 156 valence electrons. The molecule has 0 radical (unpaired) electrons. The van der Waals surface area contributed by atoms with Crippen LogP contribution in [0.15, 0.2) is 48.8 Å². The quantitative estimate of drug-likeness (QED) is 0.678. The van der Waals surface area contributed by atoms with E-state index in [-0.39, 0.29) is 5.56 Å². The summed E-state index contributed by atoms with van der Waals surface area (Å²) in [5.74, 6) is -0.404. The summed E-state index contributed by atoms with van der Waals surface area (Å²) in [5, 5.41) is 7.55. The Kier molecular flexibility index (Phi) is 5.57. The molecule has 1 amide bonds. The first-order valence-corrected chi connectivity index (χ1v) is 9.88.